The molecule has 0 fully saturated rings. The summed E-state index contributed by atoms with van der Waals surface area (Å²) in [5.74, 6) is -4.17. The summed E-state index contributed by atoms with van der Waals surface area (Å²) in [6, 6.07) is 1.49. The van der Waals surface area contributed by atoms with E-state index < -0.39 is 35.5 Å². The molecule has 5 nitrogen and oxygen atoms in total. The zero-order valence-corrected chi connectivity index (χ0v) is 9.16. The summed E-state index contributed by atoms with van der Waals surface area (Å²) in [6.07, 6.45) is -8.88. The Morgan fingerprint density at radius 2 is 1.50 bits per heavy atom. The Hall–Kier alpha value is -2.33. The van der Waals surface area contributed by atoms with Gasteiger partial charge in [0.2, 0.25) is 0 Å². The van der Waals surface area contributed by atoms with Crippen molar-refractivity contribution >= 4 is 11.9 Å². The number of aromatic carboxylic acids is 1. The van der Waals surface area contributed by atoms with Crippen molar-refractivity contribution in [2.24, 2.45) is 0 Å². The van der Waals surface area contributed by atoms with Crippen LogP contribution in [-0.2, 0) is 11.0 Å². The highest BCUT2D eigenvalue weighted by atomic mass is 19.4. The molecule has 0 radical (unpaired) electrons. The Labute approximate surface area is 106 Å². The molecule has 1 rings (SSSR count). The monoisotopic (exact) mass is 305 g/mol. The van der Waals surface area contributed by atoms with Gasteiger partial charge in [-0.1, -0.05) is 0 Å². The number of halogens is 6. The molecule has 1 aromatic heterocycles. The van der Waals surface area contributed by atoms with E-state index in [9.17, 15) is 31.1 Å². The minimum Gasteiger partial charge on any atom is -0.478 e. The van der Waals surface area contributed by atoms with Gasteiger partial charge in [0, 0.05) is 6.20 Å². The third-order valence-corrected chi connectivity index (χ3v) is 1.54. The highest BCUT2D eigenvalue weighted by molar-refractivity contribution is 5.87. The predicted octanol–water partition coefficient (Wildman–Crippen LogP) is 2.43. The second-order valence-corrected chi connectivity index (χ2v) is 3.04. The average molecular weight is 305 g/mol. The summed E-state index contributed by atoms with van der Waals surface area (Å²) in [4.78, 5) is 22.2. The van der Waals surface area contributed by atoms with Crippen LogP contribution >= 0.6 is 0 Å². The first-order valence-electron chi connectivity index (χ1n) is 4.42. The molecule has 1 heterocycles. The van der Waals surface area contributed by atoms with E-state index in [-0.39, 0.29) is 0 Å². The zero-order valence-electron chi connectivity index (χ0n) is 9.16. The third-order valence-electron chi connectivity index (χ3n) is 1.54. The van der Waals surface area contributed by atoms with Crippen molar-refractivity contribution in [2.45, 2.75) is 12.4 Å². The fourth-order valence-corrected chi connectivity index (χ4v) is 0.719. The summed E-state index contributed by atoms with van der Waals surface area (Å²) < 4.78 is 67.7. The summed E-state index contributed by atoms with van der Waals surface area (Å²) >= 11 is 0. The van der Waals surface area contributed by atoms with Gasteiger partial charge in [0.05, 0.1) is 5.56 Å². The predicted molar refractivity (Wildman–Crippen MR) is 49.9 cm³/mol. The van der Waals surface area contributed by atoms with Gasteiger partial charge in [0.25, 0.3) is 0 Å². The minimum atomic E-state index is -5.08. The molecule has 112 valence electrons. The number of hydrogen-bond donors (Lipinski definition) is 2. The number of carboxylic acids is 2. The van der Waals surface area contributed by atoms with Crippen molar-refractivity contribution in [2.75, 3.05) is 0 Å². The zero-order chi connectivity index (χ0) is 16.1. The first-order chi connectivity index (χ1) is 8.85. The SMILES string of the molecule is O=C(O)C(F)(F)F.O=C(O)c1ccnc(C(F)(F)F)c1. The van der Waals surface area contributed by atoms with Crippen molar-refractivity contribution in [3.05, 3.63) is 29.6 Å². The quantitative estimate of drug-likeness (QED) is 0.778. The van der Waals surface area contributed by atoms with Crippen molar-refractivity contribution in [3.8, 4) is 0 Å². The van der Waals surface area contributed by atoms with E-state index >= 15 is 0 Å². The van der Waals surface area contributed by atoms with Gasteiger partial charge in [-0.2, -0.15) is 26.3 Å². The molecule has 11 heteroatoms. The summed E-state index contributed by atoms with van der Waals surface area (Å²) in [6.45, 7) is 0. The molecular weight excluding hydrogens is 300 g/mol. The fraction of sp³-hybridized carbons (Fsp3) is 0.222. The number of aliphatic carboxylic acids is 1. The molecule has 0 aliphatic carbocycles. The van der Waals surface area contributed by atoms with E-state index in [1.165, 1.54) is 0 Å². The van der Waals surface area contributed by atoms with Crippen LogP contribution in [0.15, 0.2) is 18.3 Å². The van der Waals surface area contributed by atoms with Gasteiger partial charge in [-0.25, -0.2) is 9.59 Å². The van der Waals surface area contributed by atoms with Crippen LogP contribution in [0, 0.1) is 0 Å². The molecule has 0 atom stereocenters. The lowest BCUT2D eigenvalue weighted by atomic mass is 10.2. The lowest BCUT2D eigenvalue weighted by Crippen LogP contribution is -2.21. The average Bonchev–Trinajstić information content (AvgIpc) is 2.27. The van der Waals surface area contributed by atoms with Gasteiger partial charge in [0.15, 0.2) is 0 Å². The molecule has 1 aromatic rings. The molecule has 0 saturated carbocycles. The number of aromatic nitrogens is 1. The van der Waals surface area contributed by atoms with Crippen LogP contribution in [-0.4, -0.2) is 33.3 Å². The van der Waals surface area contributed by atoms with Crippen LogP contribution < -0.4 is 0 Å². The Bertz CT molecular complexity index is 496. The molecule has 0 spiro atoms. The largest absolute Gasteiger partial charge is 0.490 e. The molecule has 0 aliphatic rings. The summed E-state index contributed by atoms with van der Waals surface area (Å²) in [5, 5.41) is 15.5. The fourth-order valence-electron chi connectivity index (χ4n) is 0.719. The maximum atomic E-state index is 12.0. The number of alkyl halides is 6. The van der Waals surface area contributed by atoms with Crippen molar-refractivity contribution in [1.29, 1.82) is 0 Å². The van der Waals surface area contributed by atoms with Gasteiger partial charge in [-0.3, -0.25) is 4.98 Å². The van der Waals surface area contributed by atoms with Gasteiger partial charge in [0.1, 0.15) is 5.69 Å². The molecular formula is C9H5F6NO4. The van der Waals surface area contributed by atoms with Crippen LogP contribution in [0.5, 0.6) is 0 Å². The van der Waals surface area contributed by atoms with Crippen molar-refractivity contribution in [3.63, 3.8) is 0 Å². The smallest absolute Gasteiger partial charge is 0.478 e. The van der Waals surface area contributed by atoms with Crippen LogP contribution in [0.25, 0.3) is 0 Å². The minimum absolute atomic E-state index is 0.428. The summed E-state index contributed by atoms with van der Waals surface area (Å²) in [7, 11) is 0. The third kappa shape index (κ3) is 6.02. The topological polar surface area (TPSA) is 87.5 Å². The van der Waals surface area contributed by atoms with E-state index in [2.05, 4.69) is 4.98 Å². The molecule has 0 aromatic carbocycles. The number of carboxylic acid groups (broad SMARTS) is 2. The van der Waals surface area contributed by atoms with E-state index in [1.54, 1.807) is 0 Å². The van der Waals surface area contributed by atoms with Crippen LogP contribution in [0.1, 0.15) is 16.1 Å². The lowest BCUT2D eigenvalue weighted by Gasteiger charge is -2.04. The molecule has 2 N–H and O–H groups in total. The maximum Gasteiger partial charge on any atom is 0.490 e. The normalized spacial score (nSPS) is 11.3. The van der Waals surface area contributed by atoms with Crippen LogP contribution in [0.3, 0.4) is 0 Å². The van der Waals surface area contributed by atoms with Gasteiger partial charge in [-0.15, -0.1) is 0 Å². The second-order valence-electron chi connectivity index (χ2n) is 3.04. The van der Waals surface area contributed by atoms with Crippen molar-refractivity contribution in [1.82, 2.24) is 4.98 Å². The van der Waals surface area contributed by atoms with Gasteiger partial charge >= 0.3 is 24.3 Å². The van der Waals surface area contributed by atoms with E-state index in [0.29, 0.717) is 6.07 Å². The standard InChI is InChI=1S/C7H4F3NO2.C2HF3O2/c8-7(9,10)5-3-4(6(12)13)1-2-11-5;3-2(4,5)1(6)7/h1-3H,(H,12,13);(H,6,7). The Morgan fingerprint density at radius 1 is 1.05 bits per heavy atom. The number of hydrogen-bond acceptors (Lipinski definition) is 3. The number of rotatable bonds is 1. The maximum absolute atomic E-state index is 12.0. The molecule has 0 aliphatic heterocycles. The molecule has 0 saturated heterocycles. The van der Waals surface area contributed by atoms with Gasteiger partial charge in [-0.05, 0) is 12.1 Å². The van der Waals surface area contributed by atoms with Crippen LogP contribution in [0.2, 0.25) is 0 Å². The highest BCUT2D eigenvalue weighted by Gasteiger charge is 2.38. The first kappa shape index (κ1) is 17.7. The number of carbonyl (C=O) groups is 2. The number of pyridine rings is 1. The number of nitrogens with zero attached hydrogens (tertiary/aromatic N) is 1. The molecule has 0 bridgehead atoms. The lowest BCUT2D eigenvalue weighted by molar-refractivity contribution is -0.192. The Kier molecular flexibility index (Phi) is 5.49. The van der Waals surface area contributed by atoms with E-state index in [0.717, 1.165) is 12.3 Å². The Morgan fingerprint density at radius 3 is 1.80 bits per heavy atom. The van der Waals surface area contributed by atoms with E-state index in [4.69, 9.17) is 15.0 Å². The Balaban J connectivity index is 0.000000441. The summed E-state index contributed by atoms with van der Waals surface area (Å²) in [5.41, 5.74) is -1.63. The van der Waals surface area contributed by atoms with Crippen LogP contribution in [0.4, 0.5) is 26.3 Å². The molecule has 0 amide bonds. The first-order valence-corrected chi connectivity index (χ1v) is 4.42. The van der Waals surface area contributed by atoms with E-state index in [1.807, 2.05) is 0 Å². The molecule has 20 heavy (non-hydrogen) atoms. The van der Waals surface area contributed by atoms with Gasteiger partial charge < -0.3 is 10.2 Å². The second kappa shape index (κ2) is 6.21. The van der Waals surface area contributed by atoms with Crippen molar-refractivity contribution < 1.29 is 46.1 Å². The highest BCUT2D eigenvalue weighted by Crippen LogP contribution is 2.27. The molecule has 0 unspecified atom stereocenters.